The molecule has 348 valence electrons. The SMILES string of the molecule is CCCCCCCCC/C=C/C/C=C/C/C=C/C/C=C/CCCC(=O)O[C@H](COC(=O)CCCC/C=C/CCCCCCCCCCC)COP(=O)([O-])OCC[N+](C)(C)C. The van der Waals surface area contributed by atoms with Crippen LogP contribution in [0, 0.1) is 0 Å². The molecular formula is C50H90NO8P. The molecule has 0 rings (SSSR count). The topological polar surface area (TPSA) is 111 Å². The molecule has 60 heavy (non-hydrogen) atoms. The molecule has 0 heterocycles. The van der Waals surface area contributed by atoms with Crippen LogP contribution in [0.1, 0.15) is 194 Å². The first kappa shape index (κ1) is 57.7. The molecule has 2 atom stereocenters. The first-order chi connectivity index (χ1) is 29.0. The fourth-order valence-electron chi connectivity index (χ4n) is 6.23. The fourth-order valence-corrected chi connectivity index (χ4v) is 6.96. The predicted molar refractivity (Wildman–Crippen MR) is 250 cm³/mol. The van der Waals surface area contributed by atoms with Crippen LogP contribution in [0.25, 0.3) is 0 Å². The summed E-state index contributed by atoms with van der Waals surface area (Å²) in [6.07, 6.45) is 51.2. The molecule has 0 aromatic rings. The van der Waals surface area contributed by atoms with E-state index in [1.165, 1.54) is 109 Å². The molecule has 0 spiro atoms. The third kappa shape index (κ3) is 45.2. The van der Waals surface area contributed by atoms with Gasteiger partial charge in [0.1, 0.15) is 19.8 Å². The number of rotatable bonds is 43. The first-order valence-corrected chi connectivity index (χ1v) is 25.5. The highest BCUT2D eigenvalue weighted by atomic mass is 31.2. The number of hydrogen-bond acceptors (Lipinski definition) is 8. The van der Waals surface area contributed by atoms with E-state index in [0.29, 0.717) is 30.3 Å². The highest BCUT2D eigenvalue weighted by molar-refractivity contribution is 7.45. The van der Waals surface area contributed by atoms with Gasteiger partial charge in [0.25, 0.3) is 7.82 Å². The van der Waals surface area contributed by atoms with Crippen LogP contribution >= 0.6 is 7.82 Å². The molecule has 0 aromatic carbocycles. The molecule has 0 N–H and O–H groups in total. The summed E-state index contributed by atoms with van der Waals surface area (Å²) in [5.41, 5.74) is 0. The average molecular weight is 864 g/mol. The van der Waals surface area contributed by atoms with Crippen LogP contribution in [0.4, 0.5) is 0 Å². The largest absolute Gasteiger partial charge is 0.756 e. The van der Waals surface area contributed by atoms with Crippen LogP contribution in [0.3, 0.4) is 0 Å². The zero-order chi connectivity index (χ0) is 44.3. The van der Waals surface area contributed by atoms with Crippen LogP contribution in [0.15, 0.2) is 60.8 Å². The normalized spacial score (nSPS) is 14.0. The predicted octanol–water partition coefficient (Wildman–Crippen LogP) is 13.4. The Balaban J connectivity index is 4.44. The number of ether oxygens (including phenoxy) is 2. The molecule has 0 amide bonds. The molecule has 1 unspecified atom stereocenters. The van der Waals surface area contributed by atoms with Gasteiger partial charge in [-0.05, 0) is 77.0 Å². The minimum Gasteiger partial charge on any atom is -0.756 e. The van der Waals surface area contributed by atoms with E-state index in [4.69, 9.17) is 18.5 Å². The standard InChI is InChI=1S/C50H90NO8P/c1-6-8-10-12-14-16-18-20-22-23-24-25-26-27-29-31-33-35-37-39-41-43-50(53)59-48(47-58-60(54,55)57-45-44-51(3,4)5)46-56-49(52)42-40-38-36-34-32-30-28-21-19-17-15-13-11-9-7-2/h22-23,25-26,29,31-32,34-35,37,48H,6-21,24,27-28,30,33,36,38-47H2,1-5H3/b23-22+,26-25+,31-29+,34-32+,37-35+/t48-/m1/s1. The molecule has 10 heteroatoms. The molecular weight excluding hydrogens is 774 g/mol. The highest BCUT2D eigenvalue weighted by Gasteiger charge is 2.21. The van der Waals surface area contributed by atoms with E-state index in [2.05, 4.69) is 68.5 Å². The van der Waals surface area contributed by atoms with E-state index >= 15 is 0 Å². The maximum absolute atomic E-state index is 12.7. The van der Waals surface area contributed by atoms with Crippen molar-refractivity contribution in [1.29, 1.82) is 0 Å². The van der Waals surface area contributed by atoms with E-state index in [1.54, 1.807) is 0 Å². The van der Waals surface area contributed by atoms with Gasteiger partial charge in [-0.25, -0.2) is 0 Å². The minimum absolute atomic E-state index is 0.0458. The second-order valence-electron chi connectivity index (χ2n) is 17.1. The summed E-state index contributed by atoms with van der Waals surface area (Å²) in [5, 5.41) is 0. The summed E-state index contributed by atoms with van der Waals surface area (Å²) in [6.45, 7) is 4.14. The Bertz CT molecular complexity index is 1210. The Morgan fingerprint density at radius 1 is 0.517 bits per heavy atom. The number of likely N-dealkylation sites (N-methyl/N-ethyl adjacent to an activating group) is 1. The quantitative estimate of drug-likeness (QED) is 0.0196. The molecule has 0 radical (unpaired) electrons. The zero-order valence-electron chi connectivity index (χ0n) is 39.1. The summed E-state index contributed by atoms with van der Waals surface area (Å²) in [4.78, 5) is 37.6. The van der Waals surface area contributed by atoms with Crippen molar-refractivity contribution in [2.24, 2.45) is 0 Å². The molecule has 9 nitrogen and oxygen atoms in total. The monoisotopic (exact) mass is 864 g/mol. The first-order valence-electron chi connectivity index (χ1n) is 24.0. The van der Waals surface area contributed by atoms with Gasteiger partial charge in [-0.1, -0.05) is 164 Å². The van der Waals surface area contributed by atoms with Gasteiger partial charge in [-0.3, -0.25) is 14.2 Å². The summed E-state index contributed by atoms with van der Waals surface area (Å²) in [7, 11) is 1.12. The van der Waals surface area contributed by atoms with E-state index < -0.39 is 32.5 Å². The molecule has 0 aliphatic carbocycles. The van der Waals surface area contributed by atoms with Crippen molar-refractivity contribution in [3.8, 4) is 0 Å². The Hall–Kier alpha value is -2.29. The number of unbranched alkanes of at least 4 members (excludes halogenated alkanes) is 19. The van der Waals surface area contributed by atoms with Crippen LogP contribution in [0.5, 0.6) is 0 Å². The molecule has 0 saturated carbocycles. The lowest BCUT2D eigenvalue weighted by Gasteiger charge is -2.28. The van der Waals surface area contributed by atoms with E-state index in [9.17, 15) is 19.0 Å². The molecule has 0 saturated heterocycles. The van der Waals surface area contributed by atoms with E-state index in [0.717, 1.165) is 38.5 Å². The van der Waals surface area contributed by atoms with Crippen molar-refractivity contribution in [2.75, 3.05) is 47.5 Å². The number of nitrogens with zero attached hydrogens (tertiary/aromatic N) is 1. The summed E-state index contributed by atoms with van der Waals surface area (Å²) in [5.74, 6) is -0.927. The van der Waals surface area contributed by atoms with Crippen molar-refractivity contribution in [1.82, 2.24) is 0 Å². The van der Waals surface area contributed by atoms with Gasteiger partial charge in [-0.15, -0.1) is 0 Å². The third-order valence-electron chi connectivity index (χ3n) is 10.0. The van der Waals surface area contributed by atoms with Gasteiger partial charge in [0.2, 0.25) is 0 Å². The van der Waals surface area contributed by atoms with Crippen LogP contribution in [-0.2, 0) is 32.7 Å². The summed E-state index contributed by atoms with van der Waals surface area (Å²) in [6, 6.07) is 0. The number of quaternary nitrogens is 1. The molecule has 0 bridgehead atoms. The smallest absolute Gasteiger partial charge is 0.306 e. The van der Waals surface area contributed by atoms with Gasteiger partial charge in [-0.2, -0.15) is 0 Å². The molecule has 0 aliphatic heterocycles. The van der Waals surface area contributed by atoms with Gasteiger partial charge >= 0.3 is 11.9 Å². The van der Waals surface area contributed by atoms with Crippen LogP contribution in [0.2, 0.25) is 0 Å². The Labute approximate surface area is 368 Å². The molecule has 0 aromatic heterocycles. The number of esters is 2. The molecule has 0 fully saturated rings. The third-order valence-corrected chi connectivity index (χ3v) is 11.0. The minimum atomic E-state index is -4.65. The number of carbonyl (C=O) groups is 2. The maximum atomic E-state index is 12.7. The zero-order valence-corrected chi connectivity index (χ0v) is 40.0. The van der Waals surface area contributed by atoms with Crippen molar-refractivity contribution >= 4 is 19.8 Å². The summed E-state index contributed by atoms with van der Waals surface area (Å²) >= 11 is 0. The number of phosphoric ester groups is 1. The van der Waals surface area contributed by atoms with Crippen LogP contribution < -0.4 is 4.89 Å². The Morgan fingerprint density at radius 2 is 0.917 bits per heavy atom. The van der Waals surface area contributed by atoms with Crippen molar-refractivity contribution in [3.63, 3.8) is 0 Å². The second-order valence-corrected chi connectivity index (χ2v) is 18.5. The Kier molecular flexibility index (Phi) is 40.4. The molecule has 0 aliphatic rings. The van der Waals surface area contributed by atoms with Gasteiger partial charge in [0.05, 0.1) is 27.7 Å². The lowest BCUT2D eigenvalue weighted by atomic mass is 10.1. The lowest BCUT2D eigenvalue weighted by molar-refractivity contribution is -0.870. The maximum Gasteiger partial charge on any atom is 0.306 e. The highest BCUT2D eigenvalue weighted by Crippen LogP contribution is 2.38. The van der Waals surface area contributed by atoms with E-state index in [-0.39, 0.29) is 26.1 Å². The van der Waals surface area contributed by atoms with Crippen molar-refractivity contribution in [3.05, 3.63) is 60.8 Å². The lowest BCUT2D eigenvalue weighted by Crippen LogP contribution is -2.37. The summed E-state index contributed by atoms with van der Waals surface area (Å²) < 4.78 is 33.9. The number of hydrogen-bond donors (Lipinski definition) is 0. The number of carbonyl (C=O) groups excluding carboxylic acids is 2. The van der Waals surface area contributed by atoms with Gasteiger partial charge < -0.3 is 27.9 Å². The second kappa shape index (κ2) is 42.0. The van der Waals surface area contributed by atoms with Crippen LogP contribution in [-0.4, -0.2) is 70.0 Å². The average Bonchev–Trinajstić information content (AvgIpc) is 3.20. The van der Waals surface area contributed by atoms with Gasteiger partial charge in [0, 0.05) is 12.8 Å². The van der Waals surface area contributed by atoms with E-state index in [1.807, 2.05) is 27.2 Å². The fraction of sp³-hybridized carbons (Fsp3) is 0.760. The van der Waals surface area contributed by atoms with Gasteiger partial charge in [0.15, 0.2) is 6.10 Å². The number of phosphoric acid groups is 1. The van der Waals surface area contributed by atoms with Crippen molar-refractivity contribution < 1.29 is 42.1 Å². The Morgan fingerprint density at radius 3 is 1.40 bits per heavy atom. The number of allylic oxidation sites excluding steroid dienone is 10. The van der Waals surface area contributed by atoms with Crippen molar-refractivity contribution in [2.45, 2.75) is 200 Å².